The molecule has 2 unspecified atom stereocenters. The molecular weight excluding hydrogens is 256 g/mol. The fourth-order valence-corrected chi connectivity index (χ4v) is 2.33. The summed E-state index contributed by atoms with van der Waals surface area (Å²) in [6, 6.07) is 9.30. The van der Waals surface area contributed by atoms with Gasteiger partial charge in [0.05, 0.1) is 0 Å². The van der Waals surface area contributed by atoms with Gasteiger partial charge in [-0.2, -0.15) is 0 Å². The van der Waals surface area contributed by atoms with E-state index in [9.17, 15) is 19.8 Å². The standard InChI is InChI=1S/C16H16O4/c1-15(13(17)18)9-8-12(10-16(15,2)14(19)20)11-6-4-3-5-7-11/h3-10H,1-2H3,(H,17,18)(H,19,20). The average Bonchev–Trinajstić information content (AvgIpc) is 2.42. The van der Waals surface area contributed by atoms with E-state index in [1.807, 2.05) is 30.3 Å². The Kier molecular flexibility index (Phi) is 3.26. The van der Waals surface area contributed by atoms with E-state index in [-0.39, 0.29) is 0 Å². The first-order chi connectivity index (χ1) is 9.31. The lowest BCUT2D eigenvalue weighted by molar-refractivity contribution is -0.162. The maximum Gasteiger partial charge on any atom is 0.314 e. The Hall–Kier alpha value is -2.36. The largest absolute Gasteiger partial charge is 0.481 e. The molecule has 1 aromatic rings. The van der Waals surface area contributed by atoms with Crippen LogP contribution in [0.1, 0.15) is 19.4 Å². The molecule has 0 saturated heterocycles. The summed E-state index contributed by atoms with van der Waals surface area (Å²) in [5.41, 5.74) is -1.39. The van der Waals surface area contributed by atoms with Crippen molar-refractivity contribution in [2.75, 3.05) is 0 Å². The van der Waals surface area contributed by atoms with Crippen LogP contribution in [0.25, 0.3) is 5.57 Å². The zero-order valence-electron chi connectivity index (χ0n) is 11.3. The summed E-state index contributed by atoms with van der Waals surface area (Å²) >= 11 is 0. The number of benzene rings is 1. The minimum Gasteiger partial charge on any atom is -0.481 e. The summed E-state index contributed by atoms with van der Waals surface area (Å²) in [7, 11) is 0. The summed E-state index contributed by atoms with van der Waals surface area (Å²) in [6.07, 6.45) is 4.67. The maximum atomic E-state index is 11.6. The molecule has 0 aromatic heterocycles. The van der Waals surface area contributed by atoms with Gasteiger partial charge in [-0.25, -0.2) is 0 Å². The third kappa shape index (κ3) is 1.93. The van der Waals surface area contributed by atoms with Crippen LogP contribution in [0.5, 0.6) is 0 Å². The van der Waals surface area contributed by atoms with Crippen molar-refractivity contribution in [3.8, 4) is 0 Å². The van der Waals surface area contributed by atoms with Gasteiger partial charge >= 0.3 is 11.9 Å². The molecule has 0 radical (unpaired) electrons. The zero-order valence-corrected chi connectivity index (χ0v) is 11.3. The third-order valence-electron chi connectivity index (χ3n) is 4.11. The van der Waals surface area contributed by atoms with E-state index in [1.165, 1.54) is 26.0 Å². The molecule has 2 rings (SSSR count). The zero-order chi connectivity index (χ0) is 15.0. The lowest BCUT2D eigenvalue weighted by Gasteiger charge is -2.38. The molecule has 0 saturated carbocycles. The third-order valence-corrected chi connectivity index (χ3v) is 4.11. The fraction of sp³-hybridized carbons (Fsp3) is 0.250. The molecule has 4 heteroatoms. The summed E-state index contributed by atoms with van der Waals surface area (Å²) in [5, 5.41) is 18.9. The Balaban J connectivity index is 2.58. The molecule has 1 aliphatic rings. The van der Waals surface area contributed by atoms with E-state index in [2.05, 4.69) is 0 Å². The van der Waals surface area contributed by atoms with Crippen molar-refractivity contribution in [3.05, 3.63) is 54.1 Å². The van der Waals surface area contributed by atoms with E-state index in [0.717, 1.165) is 5.56 Å². The number of rotatable bonds is 3. The first-order valence-electron chi connectivity index (χ1n) is 6.25. The number of hydrogen-bond donors (Lipinski definition) is 2. The van der Waals surface area contributed by atoms with Gasteiger partial charge in [-0.05, 0) is 25.0 Å². The molecule has 2 N–H and O–H groups in total. The van der Waals surface area contributed by atoms with Gasteiger partial charge in [0.25, 0.3) is 0 Å². The second kappa shape index (κ2) is 4.63. The molecule has 20 heavy (non-hydrogen) atoms. The lowest BCUT2D eigenvalue weighted by Crippen LogP contribution is -2.47. The van der Waals surface area contributed by atoms with Crippen molar-refractivity contribution in [3.63, 3.8) is 0 Å². The monoisotopic (exact) mass is 272 g/mol. The molecule has 104 valence electrons. The molecule has 4 nitrogen and oxygen atoms in total. The fourth-order valence-electron chi connectivity index (χ4n) is 2.33. The van der Waals surface area contributed by atoms with Crippen molar-refractivity contribution in [2.45, 2.75) is 13.8 Å². The highest BCUT2D eigenvalue weighted by Crippen LogP contribution is 2.47. The molecule has 1 aromatic carbocycles. The Labute approximate surface area is 117 Å². The highest BCUT2D eigenvalue weighted by atomic mass is 16.4. The van der Waals surface area contributed by atoms with Crippen LogP contribution < -0.4 is 0 Å². The smallest absolute Gasteiger partial charge is 0.314 e. The van der Waals surface area contributed by atoms with Gasteiger partial charge in [0.2, 0.25) is 0 Å². The molecule has 2 atom stereocenters. The number of carboxylic acids is 2. The Morgan fingerprint density at radius 1 is 0.950 bits per heavy atom. The summed E-state index contributed by atoms with van der Waals surface area (Å²) in [6.45, 7) is 2.87. The van der Waals surface area contributed by atoms with Gasteiger partial charge in [-0.3, -0.25) is 9.59 Å². The second-order valence-electron chi connectivity index (χ2n) is 5.31. The highest BCUT2D eigenvalue weighted by Gasteiger charge is 2.54. The maximum absolute atomic E-state index is 11.6. The van der Waals surface area contributed by atoms with E-state index in [0.29, 0.717) is 5.57 Å². The van der Waals surface area contributed by atoms with Crippen molar-refractivity contribution in [1.29, 1.82) is 0 Å². The van der Waals surface area contributed by atoms with Gasteiger partial charge < -0.3 is 10.2 Å². The number of carbonyl (C=O) groups is 2. The van der Waals surface area contributed by atoms with Crippen molar-refractivity contribution >= 4 is 17.5 Å². The average molecular weight is 272 g/mol. The van der Waals surface area contributed by atoms with Crippen LogP contribution in [0.2, 0.25) is 0 Å². The van der Waals surface area contributed by atoms with Crippen LogP contribution in [-0.4, -0.2) is 22.2 Å². The number of hydrogen-bond acceptors (Lipinski definition) is 2. The normalized spacial score (nSPS) is 28.8. The van der Waals surface area contributed by atoms with Gasteiger partial charge in [0, 0.05) is 0 Å². The van der Waals surface area contributed by atoms with Crippen LogP contribution in [0.3, 0.4) is 0 Å². The Bertz CT molecular complexity index is 615. The molecule has 0 aliphatic heterocycles. The Morgan fingerprint density at radius 2 is 1.50 bits per heavy atom. The second-order valence-corrected chi connectivity index (χ2v) is 5.31. The lowest BCUT2D eigenvalue weighted by atomic mass is 9.62. The predicted octanol–water partition coefficient (Wildman–Crippen LogP) is 2.82. The summed E-state index contributed by atoms with van der Waals surface area (Å²) in [4.78, 5) is 23.1. The predicted molar refractivity (Wildman–Crippen MR) is 75.0 cm³/mol. The quantitative estimate of drug-likeness (QED) is 0.887. The molecule has 0 heterocycles. The number of aliphatic carboxylic acids is 2. The minimum absolute atomic E-state index is 0.717. The van der Waals surface area contributed by atoms with Crippen molar-refractivity contribution in [1.82, 2.24) is 0 Å². The van der Waals surface area contributed by atoms with E-state index >= 15 is 0 Å². The van der Waals surface area contributed by atoms with Crippen LogP contribution in [0.4, 0.5) is 0 Å². The van der Waals surface area contributed by atoms with E-state index in [1.54, 1.807) is 6.08 Å². The topological polar surface area (TPSA) is 74.6 Å². The van der Waals surface area contributed by atoms with Crippen LogP contribution in [-0.2, 0) is 9.59 Å². The summed E-state index contributed by atoms with van der Waals surface area (Å²) < 4.78 is 0. The molecule has 0 spiro atoms. The molecule has 0 amide bonds. The minimum atomic E-state index is -1.50. The summed E-state index contributed by atoms with van der Waals surface area (Å²) in [5.74, 6) is -2.30. The SMILES string of the molecule is CC1(C(=O)O)C=CC(c2ccccc2)=CC1(C)C(=O)O. The molecule has 1 aliphatic carbocycles. The van der Waals surface area contributed by atoms with Gasteiger partial charge in [0.1, 0.15) is 10.8 Å². The van der Waals surface area contributed by atoms with Gasteiger partial charge in [-0.1, -0.05) is 48.6 Å². The van der Waals surface area contributed by atoms with E-state index in [4.69, 9.17) is 0 Å². The molecular formula is C16H16O4. The number of carboxylic acid groups (broad SMARTS) is 2. The van der Waals surface area contributed by atoms with Gasteiger partial charge in [0.15, 0.2) is 0 Å². The first-order valence-corrected chi connectivity index (χ1v) is 6.25. The van der Waals surface area contributed by atoms with Gasteiger partial charge in [-0.15, -0.1) is 0 Å². The molecule has 0 bridgehead atoms. The van der Waals surface area contributed by atoms with Crippen molar-refractivity contribution < 1.29 is 19.8 Å². The molecule has 0 fully saturated rings. The highest BCUT2D eigenvalue weighted by molar-refractivity contribution is 5.94. The van der Waals surface area contributed by atoms with E-state index < -0.39 is 22.8 Å². The first kappa shape index (κ1) is 14.1. The number of allylic oxidation sites excluding steroid dienone is 2. The van der Waals surface area contributed by atoms with Crippen LogP contribution in [0.15, 0.2) is 48.6 Å². The Morgan fingerprint density at radius 3 is 2.00 bits per heavy atom. The van der Waals surface area contributed by atoms with Crippen molar-refractivity contribution in [2.24, 2.45) is 10.8 Å². The van der Waals surface area contributed by atoms with Crippen LogP contribution >= 0.6 is 0 Å². The van der Waals surface area contributed by atoms with Crippen LogP contribution in [0, 0.1) is 10.8 Å².